The quantitative estimate of drug-likeness (QED) is 0.813. The van der Waals surface area contributed by atoms with Crippen molar-refractivity contribution in [2.45, 2.75) is 44.7 Å². The lowest BCUT2D eigenvalue weighted by molar-refractivity contribution is -0.124. The average molecular weight is 403 g/mol. The van der Waals surface area contributed by atoms with Crippen LogP contribution in [0.5, 0.6) is 0 Å². The Kier molecular flexibility index (Phi) is 5.72. The molecule has 2 aliphatic rings. The van der Waals surface area contributed by atoms with E-state index in [1.165, 1.54) is 0 Å². The molecule has 0 aromatic carbocycles. The van der Waals surface area contributed by atoms with Gasteiger partial charge in [0.2, 0.25) is 5.91 Å². The zero-order chi connectivity index (χ0) is 19.5. The van der Waals surface area contributed by atoms with Crippen LogP contribution >= 0.6 is 11.3 Å². The van der Waals surface area contributed by atoms with Crippen LogP contribution < -0.4 is 15.5 Å². The maximum absolute atomic E-state index is 12.5. The van der Waals surface area contributed by atoms with Gasteiger partial charge in [0.15, 0.2) is 0 Å². The number of aromatic nitrogens is 2. The van der Waals surface area contributed by atoms with Crippen molar-refractivity contribution in [1.82, 2.24) is 25.5 Å². The van der Waals surface area contributed by atoms with Gasteiger partial charge in [-0.1, -0.05) is 12.8 Å². The summed E-state index contributed by atoms with van der Waals surface area (Å²) in [4.78, 5) is 38.6. The Morgan fingerprint density at radius 2 is 1.93 bits per heavy atom. The Balaban J connectivity index is 1.29. The fraction of sp³-hybridized carbons (Fsp3) is 0.579. The molecule has 1 saturated heterocycles. The molecular weight excluding hydrogens is 376 g/mol. The number of hydrogen-bond acceptors (Lipinski definition) is 7. The number of rotatable bonds is 4. The van der Waals surface area contributed by atoms with Crippen molar-refractivity contribution in [2.75, 3.05) is 31.1 Å². The molecule has 28 heavy (non-hydrogen) atoms. The van der Waals surface area contributed by atoms with Gasteiger partial charge >= 0.3 is 6.03 Å². The molecule has 2 aromatic rings. The van der Waals surface area contributed by atoms with Gasteiger partial charge in [0, 0.05) is 32.2 Å². The van der Waals surface area contributed by atoms with E-state index in [1.807, 2.05) is 12.3 Å². The lowest BCUT2D eigenvalue weighted by Gasteiger charge is -2.38. The summed E-state index contributed by atoms with van der Waals surface area (Å²) in [7, 11) is 0. The Bertz CT molecular complexity index is 842. The van der Waals surface area contributed by atoms with Crippen LogP contribution in [0.2, 0.25) is 0 Å². The number of carbonyl (C=O) groups is 2. The minimum absolute atomic E-state index is 0.202. The molecule has 4 rings (SSSR count). The molecule has 0 spiro atoms. The van der Waals surface area contributed by atoms with Gasteiger partial charge in [-0.05, 0) is 31.2 Å². The minimum Gasteiger partial charge on any atom is -0.353 e. The number of nitrogens with one attached hydrogen (secondary N) is 2. The van der Waals surface area contributed by atoms with Crippen LogP contribution in [0.4, 0.5) is 10.6 Å². The number of amides is 3. The van der Waals surface area contributed by atoms with Crippen molar-refractivity contribution in [3.05, 3.63) is 17.8 Å². The van der Waals surface area contributed by atoms with Crippen LogP contribution in [0.1, 0.15) is 32.6 Å². The predicted molar refractivity (Wildman–Crippen MR) is 110 cm³/mol. The molecule has 1 aliphatic heterocycles. The van der Waals surface area contributed by atoms with E-state index in [2.05, 4.69) is 36.5 Å². The molecule has 1 saturated carbocycles. The predicted octanol–water partition coefficient (Wildman–Crippen LogP) is 1.97. The Morgan fingerprint density at radius 3 is 2.68 bits per heavy atom. The van der Waals surface area contributed by atoms with Crippen LogP contribution in [0.3, 0.4) is 0 Å². The summed E-state index contributed by atoms with van der Waals surface area (Å²) >= 11 is 1.61. The maximum atomic E-state index is 12.5. The van der Waals surface area contributed by atoms with E-state index in [0.29, 0.717) is 0 Å². The summed E-state index contributed by atoms with van der Waals surface area (Å²) in [5.74, 6) is 0.713. The first-order chi connectivity index (χ1) is 13.6. The summed E-state index contributed by atoms with van der Waals surface area (Å²) in [5.41, 5.74) is 0. The molecule has 2 fully saturated rings. The van der Waals surface area contributed by atoms with E-state index in [4.69, 9.17) is 0 Å². The molecule has 2 N–H and O–H groups in total. The molecular formula is C19H26N6O2S. The van der Waals surface area contributed by atoms with Gasteiger partial charge < -0.3 is 10.2 Å². The third-order valence-corrected chi connectivity index (χ3v) is 6.53. The second-order valence-electron chi connectivity index (χ2n) is 7.48. The van der Waals surface area contributed by atoms with Crippen LogP contribution in [0, 0.1) is 0 Å². The molecule has 3 heterocycles. The second kappa shape index (κ2) is 8.40. The standard InChI is InChI=1S/C19H26N6O2S/c1-13(17(26)23-19(27)22-14-4-2-3-5-14)24-7-9-25(10-8-24)16-15-6-11-28-18(15)21-12-20-16/h6,11-14H,2-5,7-10H2,1H3,(H2,22,23,26,27). The number of urea groups is 1. The van der Waals surface area contributed by atoms with Crippen molar-refractivity contribution in [2.24, 2.45) is 0 Å². The highest BCUT2D eigenvalue weighted by molar-refractivity contribution is 7.16. The summed E-state index contributed by atoms with van der Waals surface area (Å²) in [6.07, 6.45) is 5.89. The van der Waals surface area contributed by atoms with Crippen molar-refractivity contribution < 1.29 is 9.59 Å². The van der Waals surface area contributed by atoms with E-state index in [0.717, 1.165) is 67.9 Å². The second-order valence-corrected chi connectivity index (χ2v) is 8.37. The minimum atomic E-state index is -0.372. The van der Waals surface area contributed by atoms with Gasteiger partial charge in [-0.2, -0.15) is 0 Å². The number of piperazine rings is 1. The van der Waals surface area contributed by atoms with E-state index in [1.54, 1.807) is 17.7 Å². The van der Waals surface area contributed by atoms with Crippen molar-refractivity contribution in [1.29, 1.82) is 0 Å². The third-order valence-electron chi connectivity index (χ3n) is 5.71. The zero-order valence-corrected chi connectivity index (χ0v) is 16.9. The van der Waals surface area contributed by atoms with Crippen LogP contribution in [0.25, 0.3) is 10.2 Å². The number of carbonyl (C=O) groups excluding carboxylic acids is 2. The molecule has 2 aromatic heterocycles. The van der Waals surface area contributed by atoms with Crippen LogP contribution in [-0.2, 0) is 4.79 Å². The first-order valence-electron chi connectivity index (χ1n) is 9.90. The van der Waals surface area contributed by atoms with E-state index in [9.17, 15) is 9.59 Å². The van der Waals surface area contributed by atoms with E-state index < -0.39 is 0 Å². The summed E-state index contributed by atoms with van der Waals surface area (Å²) in [6, 6.07) is 1.54. The van der Waals surface area contributed by atoms with Crippen LogP contribution in [-0.4, -0.2) is 65.1 Å². The number of imide groups is 1. The molecule has 0 bridgehead atoms. The van der Waals surface area contributed by atoms with E-state index in [-0.39, 0.29) is 24.0 Å². The van der Waals surface area contributed by atoms with Crippen molar-refractivity contribution >= 4 is 39.3 Å². The molecule has 1 atom stereocenters. The zero-order valence-electron chi connectivity index (χ0n) is 16.1. The molecule has 0 radical (unpaired) electrons. The molecule has 1 unspecified atom stereocenters. The van der Waals surface area contributed by atoms with Gasteiger partial charge in [-0.3, -0.25) is 15.0 Å². The smallest absolute Gasteiger partial charge is 0.321 e. The fourth-order valence-corrected chi connectivity index (χ4v) is 4.75. The molecule has 9 heteroatoms. The molecule has 8 nitrogen and oxygen atoms in total. The van der Waals surface area contributed by atoms with Crippen molar-refractivity contribution in [3.8, 4) is 0 Å². The topological polar surface area (TPSA) is 90.5 Å². The number of thiophene rings is 1. The summed E-state index contributed by atoms with van der Waals surface area (Å²) < 4.78 is 0. The number of hydrogen-bond donors (Lipinski definition) is 2. The number of fused-ring (bicyclic) bond motifs is 1. The summed E-state index contributed by atoms with van der Waals surface area (Å²) in [5, 5.41) is 8.51. The Hall–Kier alpha value is -2.26. The highest BCUT2D eigenvalue weighted by atomic mass is 32.1. The normalized spacial score (nSPS) is 19.7. The van der Waals surface area contributed by atoms with E-state index >= 15 is 0 Å². The first kappa shape index (κ1) is 19.1. The monoisotopic (exact) mass is 402 g/mol. The van der Waals surface area contributed by atoms with Gasteiger partial charge in [-0.25, -0.2) is 14.8 Å². The Morgan fingerprint density at radius 1 is 1.18 bits per heavy atom. The lowest BCUT2D eigenvalue weighted by Crippen LogP contribution is -2.56. The van der Waals surface area contributed by atoms with Crippen molar-refractivity contribution in [3.63, 3.8) is 0 Å². The van der Waals surface area contributed by atoms with Gasteiger partial charge in [0.05, 0.1) is 11.4 Å². The number of nitrogens with zero attached hydrogens (tertiary/aromatic N) is 4. The third kappa shape index (κ3) is 4.10. The maximum Gasteiger partial charge on any atom is 0.321 e. The fourth-order valence-electron chi connectivity index (χ4n) is 4.02. The SMILES string of the molecule is CC(C(=O)NC(=O)NC1CCCC1)N1CCN(c2ncnc3sccc23)CC1. The van der Waals surface area contributed by atoms with Gasteiger partial charge in [-0.15, -0.1) is 11.3 Å². The Labute approximate surface area is 168 Å². The van der Waals surface area contributed by atoms with Crippen LogP contribution in [0.15, 0.2) is 17.8 Å². The first-order valence-corrected chi connectivity index (χ1v) is 10.8. The number of anilines is 1. The van der Waals surface area contributed by atoms with Gasteiger partial charge in [0.1, 0.15) is 17.0 Å². The highest BCUT2D eigenvalue weighted by Gasteiger charge is 2.28. The summed E-state index contributed by atoms with van der Waals surface area (Å²) in [6.45, 7) is 4.92. The van der Waals surface area contributed by atoms with Gasteiger partial charge in [0.25, 0.3) is 0 Å². The molecule has 3 amide bonds. The average Bonchev–Trinajstić information content (AvgIpc) is 3.38. The highest BCUT2D eigenvalue weighted by Crippen LogP contribution is 2.27. The largest absolute Gasteiger partial charge is 0.353 e. The molecule has 1 aliphatic carbocycles. The lowest BCUT2D eigenvalue weighted by atomic mass is 10.2. The molecule has 150 valence electrons.